The molecule has 0 aliphatic carbocycles. The van der Waals surface area contributed by atoms with Crippen LogP contribution < -0.4 is 5.32 Å². The fourth-order valence-corrected chi connectivity index (χ4v) is 4.73. The van der Waals surface area contributed by atoms with E-state index in [4.69, 9.17) is 0 Å². The molecule has 1 fully saturated rings. The Hall–Kier alpha value is -1.48. The molecule has 1 N–H and O–H groups in total. The topological polar surface area (TPSA) is 73.0 Å². The highest BCUT2D eigenvalue weighted by Gasteiger charge is 2.29. The molecule has 0 spiro atoms. The molecule has 1 heterocycles. The van der Waals surface area contributed by atoms with Gasteiger partial charge in [-0.1, -0.05) is 19.9 Å². The highest BCUT2D eigenvalue weighted by molar-refractivity contribution is 7.89. The number of amides is 1. The predicted molar refractivity (Wildman–Crippen MR) is 112 cm³/mol. The van der Waals surface area contributed by atoms with Crippen molar-refractivity contribution < 1.29 is 13.2 Å². The number of likely N-dealkylation sites (N-methyl/N-ethyl adjacent to an activating group) is 1. The molecule has 7 nitrogen and oxygen atoms in total. The Morgan fingerprint density at radius 1 is 1.07 bits per heavy atom. The van der Waals surface area contributed by atoms with Gasteiger partial charge in [0.25, 0.3) is 0 Å². The van der Waals surface area contributed by atoms with E-state index in [1.54, 1.807) is 17.0 Å². The molecule has 1 amide bonds. The van der Waals surface area contributed by atoms with E-state index in [0.717, 1.165) is 37.3 Å². The number of sulfonamides is 1. The first-order chi connectivity index (χ1) is 13.3. The van der Waals surface area contributed by atoms with Gasteiger partial charge < -0.3 is 15.1 Å². The smallest absolute Gasteiger partial charge is 0.243 e. The summed E-state index contributed by atoms with van der Waals surface area (Å²) in [5.74, 6) is -0.131. The molecule has 1 aromatic carbocycles. The van der Waals surface area contributed by atoms with Crippen molar-refractivity contribution >= 4 is 15.9 Å². The Labute approximate surface area is 169 Å². The Bertz CT molecular complexity index is 757. The van der Waals surface area contributed by atoms with Crippen LogP contribution in [-0.4, -0.2) is 87.3 Å². The van der Waals surface area contributed by atoms with Crippen molar-refractivity contribution in [3.63, 3.8) is 0 Å². The van der Waals surface area contributed by atoms with Crippen LogP contribution in [0.1, 0.15) is 25.0 Å². The molecule has 0 unspecified atom stereocenters. The summed E-state index contributed by atoms with van der Waals surface area (Å²) in [6.45, 7) is 13.2. The van der Waals surface area contributed by atoms with Crippen molar-refractivity contribution in [2.75, 3.05) is 58.9 Å². The molecule has 0 bridgehead atoms. The summed E-state index contributed by atoms with van der Waals surface area (Å²) in [5.41, 5.74) is 1.98. The lowest BCUT2D eigenvalue weighted by atomic mass is 10.1. The molecule has 1 aliphatic rings. The van der Waals surface area contributed by atoms with Crippen molar-refractivity contribution in [3.8, 4) is 0 Å². The van der Waals surface area contributed by atoms with Gasteiger partial charge in [-0.3, -0.25) is 4.79 Å². The van der Waals surface area contributed by atoms with Gasteiger partial charge in [-0.2, -0.15) is 4.31 Å². The molecule has 1 aromatic rings. The van der Waals surface area contributed by atoms with Crippen molar-refractivity contribution in [3.05, 3.63) is 29.3 Å². The molecule has 0 saturated carbocycles. The summed E-state index contributed by atoms with van der Waals surface area (Å²) in [7, 11) is -3.74. The second-order valence-corrected chi connectivity index (χ2v) is 9.18. The number of benzene rings is 1. The first-order valence-electron chi connectivity index (χ1n) is 10.1. The van der Waals surface area contributed by atoms with Crippen LogP contribution in [0.15, 0.2) is 23.1 Å². The van der Waals surface area contributed by atoms with Crippen molar-refractivity contribution in [1.29, 1.82) is 0 Å². The van der Waals surface area contributed by atoms with Crippen LogP contribution in [0, 0.1) is 13.8 Å². The monoisotopic (exact) mass is 410 g/mol. The molecule has 0 atom stereocenters. The molecule has 1 aliphatic heterocycles. The van der Waals surface area contributed by atoms with Crippen molar-refractivity contribution in [2.24, 2.45) is 0 Å². The van der Waals surface area contributed by atoms with Gasteiger partial charge in [-0.05, 0) is 50.2 Å². The minimum absolute atomic E-state index is 0.115. The van der Waals surface area contributed by atoms with E-state index in [-0.39, 0.29) is 17.3 Å². The third-order valence-electron chi connectivity index (χ3n) is 5.46. The first kappa shape index (κ1) is 22.8. The maximum absolute atomic E-state index is 13.3. The minimum atomic E-state index is -3.74. The number of hydrogen-bond acceptors (Lipinski definition) is 5. The van der Waals surface area contributed by atoms with Crippen LogP contribution in [0.3, 0.4) is 0 Å². The highest BCUT2D eigenvalue weighted by Crippen LogP contribution is 2.19. The highest BCUT2D eigenvalue weighted by atomic mass is 32.2. The van der Waals surface area contributed by atoms with E-state index in [1.807, 2.05) is 19.9 Å². The fourth-order valence-electron chi connectivity index (χ4n) is 3.27. The lowest BCUT2D eigenvalue weighted by Crippen LogP contribution is -2.51. The van der Waals surface area contributed by atoms with E-state index < -0.39 is 10.0 Å². The zero-order valence-electron chi connectivity index (χ0n) is 17.6. The number of nitrogens with zero attached hydrogens (tertiary/aromatic N) is 3. The van der Waals surface area contributed by atoms with Gasteiger partial charge in [0.2, 0.25) is 15.9 Å². The number of aryl methyl sites for hydroxylation is 2. The summed E-state index contributed by atoms with van der Waals surface area (Å²) < 4.78 is 28.0. The van der Waals surface area contributed by atoms with Crippen LogP contribution >= 0.6 is 0 Å². The van der Waals surface area contributed by atoms with Gasteiger partial charge in [0.1, 0.15) is 0 Å². The van der Waals surface area contributed by atoms with E-state index in [2.05, 4.69) is 24.1 Å². The number of piperazine rings is 1. The molecular formula is C20H34N4O3S. The molecular weight excluding hydrogens is 376 g/mol. The summed E-state index contributed by atoms with van der Waals surface area (Å²) in [4.78, 5) is 16.9. The Balaban J connectivity index is 2.24. The SMILES string of the molecule is CCN(CC)CCN(CC(=O)N1CCNCC1)S(=O)(=O)c1ccc(C)c(C)c1. The Morgan fingerprint density at radius 3 is 2.29 bits per heavy atom. The minimum Gasteiger partial charge on any atom is -0.339 e. The second kappa shape index (κ2) is 10.3. The maximum Gasteiger partial charge on any atom is 0.243 e. The molecule has 8 heteroatoms. The lowest BCUT2D eigenvalue weighted by Gasteiger charge is -2.31. The maximum atomic E-state index is 13.3. The largest absolute Gasteiger partial charge is 0.339 e. The van der Waals surface area contributed by atoms with E-state index in [0.29, 0.717) is 26.2 Å². The van der Waals surface area contributed by atoms with E-state index in [1.165, 1.54) is 4.31 Å². The summed E-state index contributed by atoms with van der Waals surface area (Å²) in [5, 5.41) is 3.21. The number of rotatable bonds is 9. The standard InChI is InChI=1S/C20H34N4O3S/c1-5-22(6-2)13-14-24(16-20(25)23-11-9-21-10-12-23)28(26,27)19-8-7-17(3)18(4)15-19/h7-8,15,21H,5-6,9-14,16H2,1-4H3. The van der Waals surface area contributed by atoms with Crippen molar-refractivity contribution in [1.82, 2.24) is 19.4 Å². The van der Waals surface area contributed by atoms with Crippen molar-refractivity contribution in [2.45, 2.75) is 32.6 Å². The zero-order chi connectivity index (χ0) is 20.7. The zero-order valence-corrected chi connectivity index (χ0v) is 18.4. The summed E-state index contributed by atoms with van der Waals surface area (Å²) >= 11 is 0. The summed E-state index contributed by atoms with van der Waals surface area (Å²) in [6.07, 6.45) is 0. The fraction of sp³-hybridized carbons (Fsp3) is 0.650. The molecule has 0 aromatic heterocycles. The molecule has 1 saturated heterocycles. The molecule has 0 radical (unpaired) electrons. The van der Waals surface area contributed by atoms with E-state index >= 15 is 0 Å². The van der Waals surface area contributed by atoms with E-state index in [9.17, 15) is 13.2 Å². The van der Waals surface area contributed by atoms with Gasteiger partial charge in [-0.25, -0.2) is 8.42 Å². The third-order valence-corrected chi connectivity index (χ3v) is 7.30. The number of nitrogens with one attached hydrogen (secondary N) is 1. The number of carbonyl (C=O) groups is 1. The predicted octanol–water partition coefficient (Wildman–Crippen LogP) is 1.07. The van der Waals surface area contributed by atoms with Gasteiger partial charge >= 0.3 is 0 Å². The average Bonchev–Trinajstić information content (AvgIpc) is 2.70. The number of hydrogen-bond donors (Lipinski definition) is 1. The van der Waals surface area contributed by atoms with Crippen LogP contribution in [-0.2, 0) is 14.8 Å². The normalized spacial score (nSPS) is 15.4. The third kappa shape index (κ3) is 5.76. The Kier molecular flexibility index (Phi) is 8.42. The lowest BCUT2D eigenvalue weighted by molar-refractivity contribution is -0.132. The average molecular weight is 411 g/mol. The summed E-state index contributed by atoms with van der Waals surface area (Å²) in [6, 6.07) is 5.16. The van der Waals surface area contributed by atoms with Crippen LogP contribution in [0.4, 0.5) is 0 Å². The quantitative estimate of drug-likeness (QED) is 0.659. The molecule has 28 heavy (non-hydrogen) atoms. The van der Waals surface area contributed by atoms with Crippen LogP contribution in [0.5, 0.6) is 0 Å². The number of carbonyl (C=O) groups excluding carboxylic acids is 1. The second-order valence-electron chi connectivity index (χ2n) is 7.24. The van der Waals surface area contributed by atoms with Gasteiger partial charge in [0.15, 0.2) is 0 Å². The van der Waals surface area contributed by atoms with Crippen LogP contribution in [0.2, 0.25) is 0 Å². The first-order valence-corrected chi connectivity index (χ1v) is 11.5. The molecule has 158 valence electrons. The van der Waals surface area contributed by atoms with Gasteiger partial charge in [0, 0.05) is 39.3 Å². The van der Waals surface area contributed by atoms with Crippen LogP contribution in [0.25, 0.3) is 0 Å². The Morgan fingerprint density at radius 2 is 1.71 bits per heavy atom. The van der Waals surface area contributed by atoms with Gasteiger partial charge in [0.05, 0.1) is 11.4 Å². The molecule has 2 rings (SSSR count). The van der Waals surface area contributed by atoms with Gasteiger partial charge in [-0.15, -0.1) is 0 Å².